The molecule has 3 rings (SSSR count). The molecule has 1 saturated heterocycles. The molecule has 1 aliphatic rings. The highest BCUT2D eigenvalue weighted by Crippen LogP contribution is 2.31. The lowest BCUT2D eigenvalue weighted by molar-refractivity contribution is -0.123. The lowest BCUT2D eigenvalue weighted by Gasteiger charge is -2.29. The molecule has 0 saturated carbocycles. The summed E-state index contributed by atoms with van der Waals surface area (Å²) in [6.07, 6.45) is 2.46. The van der Waals surface area contributed by atoms with Gasteiger partial charge in [0, 0.05) is 23.3 Å². The molecule has 1 aromatic heterocycles. The summed E-state index contributed by atoms with van der Waals surface area (Å²) >= 11 is 1.61. The summed E-state index contributed by atoms with van der Waals surface area (Å²) in [5.74, 6) is -0.295. The van der Waals surface area contributed by atoms with Gasteiger partial charge in [0.25, 0.3) is 0 Å². The Labute approximate surface area is 168 Å². The minimum Gasteiger partial charge on any atom is -0.494 e. The molecule has 5 nitrogen and oxygen atoms in total. The molecule has 0 aliphatic carbocycles. The minimum atomic E-state index is -0.497. The number of carbonyl (C=O) groups excluding carboxylic acids is 2. The maximum Gasteiger partial charge on any atom is 0.220 e. The van der Waals surface area contributed by atoms with Gasteiger partial charge in [0.2, 0.25) is 11.8 Å². The van der Waals surface area contributed by atoms with Crippen LogP contribution in [0.1, 0.15) is 49.1 Å². The van der Waals surface area contributed by atoms with Gasteiger partial charge in [-0.25, -0.2) is 4.39 Å². The molecule has 2 amide bonds. The summed E-state index contributed by atoms with van der Waals surface area (Å²) in [6, 6.07) is 8.64. The number of nitrogens with one attached hydrogen (secondary N) is 2. The molecular weight excluding hydrogens is 379 g/mol. The van der Waals surface area contributed by atoms with E-state index in [-0.39, 0.29) is 23.6 Å². The van der Waals surface area contributed by atoms with Gasteiger partial charge < -0.3 is 15.4 Å². The van der Waals surface area contributed by atoms with Gasteiger partial charge in [-0.3, -0.25) is 9.59 Å². The van der Waals surface area contributed by atoms with E-state index in [0.717, 1.165) is 10.4 Å². The third kappa shape index (κ3) is 4.90. The Morgan fingerprint density at radius 2 is 2.25 bits per heavy atom. The van der Waals surface area contributed by atoms with Gasteiger partial charge in [-0.15, -0.1) is 11.3 Å². The molecular formula is C21H25FN2O3S. The van der Waals surface area contributed by atoms with Crippen LogP contribution in [0.15, 0.2) is 35.7 Å². The second-order valence-corrected chi connectivity index (χ2v) is 8.26. The maximum atomic E-state index is 13.7. The third-order valence-electron chi connectivity index (χ3n) is 5.17. The van der Waals surface area contributed by atoms with Crippen molar-refractivity contribution in [1.29, 1.82) is 0 Å². The SMILES string of the molecule is COc1cc(C[C@@]2(CCC(=O)N[C@@H](C)c3cccs3)CCC(=O)N2)ccc1F. The topological polar surface area (TPSA) is 67.4 Å². The fourth-order valence-corrected chi connectivity index (χ4v) is 4.40. The van der Waals surface area contributed by atoms with Crippen molar-refractivity contribution in [2.24, 2.45) is 0 Å². The van der Waals surface area contributed by atoms with Crippen LogP contribution < -0.4 is 15.4 Å². The molecule has 1 fully saturated rings. The van der Waals surface area contributed by atoms with Crippen molar-refractivity contribution >= 4 is 23.2 Å². The quantitative estimate of drug-likeness (QED) is 0.704. The number of carbonyl (C=O) groups is 2. The zero-order valence-electron chi connectivity index (χ0n) is 16.1. The number of halogens is 1. The van der Waals surface area contributed by atoms with Crippen LogP contribution in [0, 0.1) is 5.82 Å². The van der Waals surface area contributed by atoms with E-state index in [1.54, 1.807) is 23.5 Å². The Morgan fingerprint density at radius 1 is 1.43 bits per heavy atom. The number of rotatable bonds is 8. The molecule has 2 atom stereocenters. The largest absolute Gasteiger partial charge is 0.494 e. The van der Waals surface area contributed by atoms with Gasteiger partial charge in [0.15, 0.2) is 11.6 Å². The minimum absolute atomic E-state index is 0.0126. The summed E-state index contributed by atoms with van der Waals surface area (Å²) in [6.45, 7) is 1.96. The summed E-state index contributed by atoms with van der Waals surface area (Å²) in [7, 11) is 1.43. The van der Waals surface area contributed by atoms with Crippen molar-refractivity contribution in [2.45, 2.75) is 50.6 Å². The second kappa shape index (κ2) is 8.73. The van der Waals surface area contributed by atoms with Gasteiger partial charge in [-0.1, -0.05) is 12.1 Å². The Hall–Kier alpha value is -2.41. The van der Waals surface area contributed by atoms with Crippen LogP contribution >= 0.6 is 11.3 Å². The lowest BCUT2D eigenvalue weighted by Crippen LogP contribution is -2.44. The standard InChI is InChI=1S/C21H25FN2O3S/c1-14(18-4-3-11-28-18)23-19(25)7-9-21(10-8-20(26)24-21)13-15-5-6-16(22)17(12-15)27-2/h3-6,11-12,14H,7-10,13H2,1-2H3,(H,23,25)(H,24,26)/t14-,21+/m0/s1. The van der Waals surface area contributed by atoms with E-state index in [9.17, 15) is 14.0 Å². The van der Waals surface area contributed by atoms with Gasteiger partial charge in [0.1, 0.15) is 0 Å². The van der Waals surface area contributed by atoms with E-state index in [4.69, 9.17) is 4.74 Å². The zero-order valence-corrected chi connectivity index (χ0v) is 16.9. The van der Waals surface area contributed by atoms with Crippen molar-refractivity contribution in [3.63, 3.8) is 0 Å². The highest BCUT2D eigenvalue weighted by atomic mass is 32.1. The first-order valence-electron chi connectivity index (χ1n) is 9.37. The molecule has 0 spiro atoms. The van der Waals surface area contributed by atoms with Crippen LogP contribution in [-0.2, 0) is 16.0 Å². The normalized spacial score (nSPS) is 19.9. The van der Waals surface area contributed by atoms with E-state index >= 15 is 0 Å². The average molecular weight is 405 g/mol. The summed E-state index contributed by atoms with van der Waals surface area (Å²) in [5, 5.41) is 8.05. The van der Waals surface area contributed by atoms with E-state index in [1.165, 1.54) is 13.2 Å². The van der Waals surface area contributed by atoms with Crippen molar-refractivity contribution in [1.82, 2.24) is 10.6 Å². The van der Waals surface area contributed by atoms with Crippen molar-refractivity contribution in [3.05, 3.63) is 52.0 Å². The first kappa shape index (κ1) is 20.3. The molecule has 7 heteroatoms. The fraction of sp³-hybridized carbons (Fsp3) is 0.429. The lowest BCUT2D eigenvalue weighted by atomic mass is 9.85. The van der Waals surface area contributed by atoms with Crippen LogP contribution in [0.25, 0.3) is 0 Å². The second-order valence-electron chi connectivity index (χ2n) is 7.28. The molecule has 0 bridgehead atoms. The Kier molecular flexibility index (Phi) is 6.34. The van der Waals surface area contributed by atoms with E-state index in [0.29, 0.717) is 32.1 Å². The number of thiophene rings is 1. The first-order valence-corrected chi connectivity index (χ1v) is 10.2. The zero-order chi connectivity index (χ0) is 20.1. The van der Waals surface area contributed by atoms with Crippen LogP contribution in [-0.4, -0.2) is 24.5 Å². The van der Waals surface area contributed by atoms with E-state index in [2.05, 4.69) is 10.6 Å². The molecule has 28 heavy (non-hydrogen) atoms. The predicted molar refractivity (Wildman–Crippen MR) is 107 cm³/mol. The molecule has 0 unspecified atom stereocenters. The molecule has 1 aromatic carbocycles. The number of amides is 2. The Balaban J connectivity index is 1.65. The van der Waals surface area contributed by atoms with Crippen molar-refractivity contribution in [2.75, 3.05) is 7.11 Å². The highest BCUT2D eigenvalue weighted by molar-refractivity contribution is 7.10. The Bertz CT molecular complexity index is 840. The number of ether oxygens (including phenoxy) is 1. The van der Waals surface area contributed by atoms with Crippen molar-refractivity contribution in [3.8, 4) is 5.75 Å². The molecule has 1 aliphatic heterocycles. The van der Waals surface area contributed by atoms with Gasteiger partial charge in [-0.2, -0.15) is 0 Å². The highest BCUT2D eigenvalue weighted by Gasteiger charge is 2.38. The molecule has 2 heterocycles. The van der Waals surface area contributed by atoms with Crippen LogP contribution in [0.3, 0.4) is 0 Å². The van der Waals surface area contributed by atoms with E-state index < -0.39 is 11.4 Å². The third-order valence-corrected chi connectivity index (χ3v) is 6.23. The van der Waals surface area contributed by atoms with Gasteiger partial charge in [0.05, 0.1) is 13.2 Å². The molecule has 0 radical (unpaired) electrons. The first-order chi connectivity index (χ1) is 13.4. The average Bonchev–Trinajstić information content (AvgIpc) is 3.32. The van der Waals surface area contributed by atoms with Gasteiger partial charge >= 0.3 is 0 Å². The number of hydrogen-bond donors (Lipinski definition) is 2. The van der Waals surface area contributed by atoms with Gasteiger partial charge in [-0.05, 0) is 55.3 Å². The fourth-order valence-electron chi connectivity index (χ4n) is 3.66. The molecule has 2 N–H and O–H groups in total. The summed E-state index contributed by atoms with van der Waals surface area (Å²) < 4.78 is 18.7. The summed E-state index contributed by atoms with van der Waals surface area (Å²) in [4.78, 5) is 25.5. The Morgan fingerprint density at radius 3 is 2.89 bits per heavy atom. The molecule has 150 valence electrons. The number of methoxy groups -OCH3 is 1. The summed E-state index contributed by atoms with van der Waals surface area (Å²) in [5.41, 5.74) is 0.372. The van der Waals surface area contributed by atoms with Crippen molar-refractivity contribution < 1.29 is 18.7 Å². The van der Waals surface area contributed by atoms with Crippen LogP contribution in [0.4, 0.5) is 4.39 Å². The van der Waals surface area contributed by atoms with E-state index in [1.807, 2.05) is 24.4 Å². The number of benzene rings is 1. The van der Waals surface area contributed by atoms with Crippen LogP contribution in [0.2, 0.25) is 0 Å². The molecule has 2 aromatic rings. The van der Waals surface area contributed by atoms with Crippen LogP contribution in [0.5, 0.6) is 5.75 Å². The smallest absolute Gasteiger partial charge is 0.220 e. The predicted octanol–water partition coefficient (Wildman–Crippen LogP) is 3.74. The monoisotopic (exact) mass is 404 g/mol. The maximum absolute atomic E-state index is 13.7. The number of hydrogen-bond acceptors (Lipinski definition) is 4.